The van der Waals surface area contributed by atoms with Gasteiger partial charge in [0.2, 0.25) is 0 Å². The summed E-state index contributed by atoms with van der Waals surface area (Å²) in [6.45, 7) is 0. The van der Waals surface area contributed by atoms with Gasteiger partial charge in [0.05, 0.1) is 0 Å². The van der Waals surface area contributed by atoms with Crippen LogP contribution in [0.4, 0.5) is 0 Å². The zero-order valence-electron chi connectivity index (χ0n) is 7.11. The van der Waals surface area contributed by atoms with Gasteiger partial charge in [-0.25, -0.2) is 0 Å². The van der Waals surface area contributed by atoms with Crippen LogP contribution in [0, 0.1) is 0 Å². The summed E-state index contributed by atoms with van der Waals surface area (Å²) < 4.78 is 10.9. The molecular formula is C7H9ClN3O2P. The minimum absolute atomic E-state index is 0.258. The van der Waals surface area contributed by atoms with Crippen molar-refractivity contribution < 1.29 is 9.36 Å². The van der Waals surface area contributed by atoms with Crippen LogP contribution in [-0.2, 0) is 4.57 Å². The van der Waals surface area contributed by atoms with Crippen LogP contribution in [0.2, 0.25) is 5.02 Å². The fraction of sp³-hybridized carbons (Fsp3) is 0. The van der Waals surface area contributed by atoms with Gasteiger partial charge >= 0.3 is 7.59 Å². The van der Waals surface area contributed by atoms with Crippen molar-refractivity contribution in [2.75, 3.05) is 0 Å². The predicted octanol–water partition coefficient (Wildman–Crippen LogP) is 1.10. The average molecular weight is 234 g/mol. The molecule has 0 aliphatic carbocycles. The smallest absolute Gasteiger partial charge is 0.279 e. The van der Waals surface area contributed by atoms with E-state index in [1.165, 1.54) is 12.1 Å². The van der Waals surface area contributed by atoms with E-state index in [1.54, 1.807) is 12.1 Å². The monoisotopic (exact) mass is 233 g/mol. The molecule has 5 N–H and O–H groups in total. The third-order valence-corrected chi connectivity index (χ3v) is 2.15. The van der Waals surface area contributed by atoms with Crippen LogP contribution in [0.25, 0.3) is 0 Å². The van der Waals surface area contributed by atoms with Crippen molar-refractivity contribution in [3.05, 3.63) is 34.9 Å². The fourth-order valence-corrected chi connectivity index (χ4v) is 1.49. The molecule has 1 amide bonds. The quantitative estimate of drug-likeness (QED) is 0.666. The van der Waals surface area contributed by atoms with Crippen molar-refractivity contribution in [1.82, 2.24) is 5.09 Å². The van der Waals surface area contributed by atoms with Crippen molar-refractivity contribution in [1.29, 1.82) is 0 Å². The molecule has 76 valence electrons. The molecule has 0 aliphatic heterocycles. The van der Waals surface area contributed by atoms with Gasteiger partial charge in [-0.05, 0) is 18.2 Å². The van der Waals surface area contributed by atoms with E-state index in [0.29, 0.717) is 5.02 Å². The molecule has 5 nitrogen and oxygen atoms in total. The highest BCUT2D eigenvalue weighted by Gasteiger charge is 2.14. The third-order valence-electron chi connectivity index (χ3n) is 1.36. The van der Waals surface area contributed by atoms with Gasteiger partial charge in [-0.3, -0.25) is 25.5 Å². The van der Waals surface area contributed by atoms with Crippen molar-refractivity contribution in [3.63, 3.8) is 0 Å². The molecule has 1 aromatic carbocycles. The maximum atomic E-state index is 11.3. The number of benzene rings is 1. The van der Waals surface area contributed by atoms with Crippen LogP contribution in [0.15, 0.2) is 24.3 Å². The molecule has 0 radical (unpaired) electrons. The van der Waals surface area contributed by atoms with Gasteiger partial charge in [-0.1, -0.05) is 17.7 Å². The number of carbonyl (C=O) groups is 1. The van der Waals surface area contributed by atoms with Crippen LogP contribution in [-0.4, -0.2) is 5.91 Å². The number of hydrogen-bond donors (Lipinski definition) is 3. The topological polar surface area (TPSA) is 98.2 Å². The van der Waals surface area contributed by atoms with E-state index in [2.05, 4.69) is 0 Å². The summed E-state index contributed by atoms with van der Waals surface area (Å²) in [7, 11) is -3.55. The Morgan fingerprint density at radius 2 is 2.07 bits per heavy atom. The third kappa shape index (κ3) is 3.47. The number of nitrogens with one attached hydrogen (secondary N) is 1. The normalized spacial score (nSPS) is 11.1. The van der Waals surface area contributed by atoms with Gasteiger partial charge in [0, 0.05) is 10.6 Å². The number of nitrogens with two attached hydrogens (primary N) is 2. The van der Waals surface area contributed by atoms with Gasteiger partial charge in [-0.2, -0.15) is 0 Å². The number of carbonyl (C=O) groups excluding carboxylic acids is 1. The largest absolute Gasteiger partial charge is 0.300 e. The molecule has 0 fully saturated rings. The lowest BCUT2D eigenvalue weighted by Crippen LogP contribution is -2.28. The molecular weight excluding hydrogens is 225 g/mol. The minimum Gasteiger partial charge on any atom is -0.279 e. The molecule has 0 bridgehead atoms. The molecule has 0 aliphatic rings. The maximum absolute atomic E-state index is 11.3. The Labute approximate surface area is 85.9 Å². The molecule has 7 heteroatoms. The van der Waals surface area contributed by atoms with E-state index in [1.807, 2.05) is 5.09 Å². The summed E-state index contributed by atoms with van der Waals surface area (Å²) in [6.07, 6.45) is 0. The molecule has 1 aromatic rings. The minimum atomic E-state index is -3.55. The summed E-state index contributed by atoms with van der Waals surface area (Å²) in [5.74, 6) is -0.610. The summed E-state index contributed by atoms with van der Waals surface area (Å²) in [5.41, 5.74) is 10.2. The average Bonchev–Trinajstić information content (AvgIpc) is 2.01. The van der Waals surface area contributed by atoms with Crippen molar-refractivity contribution in [3.8, 4) is 0 Å². The Kier molecular flexibility index (Phi) is 3.29. The van der Waals surface area contributed by atoms with Crippen LogP contribution in [0.1, 0.15) is 10.4 Å². The van der Waals surface area contributed by atoms with Crippen molar-refractivity contribution in [2.24, 2.45) is 11.0 Å². The van der Waals surface area contributed by atoms with Gasteiger partial charge < -0.3 is 0 Å². The molecule has 0 saturated carbocycles. The van der Waals surface area contributed by atoms with Crippen LogP contribution >= 0.6 is 19.2 Å². The Bertz CT molecular complexity index is 404. The van der Waals surface area contributed by atoms with Gasteiger partial charge in [0.1, 0.15) is 0 Å². The van der Waals surface area contributed by atoms with Gasteiger partial charge in [0.25, 0.3) is 5.91 Å². The van der Waals surface area contributed by atoms with Crippen LogP contribution < -0.4 is 16.1 Å². The van der Waals surface area contributed by atoms with E-state index in [-0.39, 0.29) is 5.56 Å². The molecule has 0 heterocycles. The summed E-state index contributed by atoms with van der Waals surface area (Å²) in [4.78, 5) is 11.3. The first-order chi connectivity index (χ1) is 6.38. The van der Waals surface area contributed by atoms with Crippen molar-refractivity contribution in [2.45, 2.75) is 0 Å². The van der Waals surface area contributed by atoms with E-state index in [9.17, 15) is 9.36 Å². The second-order valence-corrected chi connectivity index (χ2v) is 4.74. The highest BCUT2D eigenvalue weighted by atomic mass is 35.5. The van der Waals surface area contributed by atoms with E-state index in [0.717, 1.165) is 0 Å². The molecule has 0 unspecified atom stereocenters. The van der Waals surface area contributed by atoms with Crippen molar-refractivity contribution >= 4 is 25.1 Å². The Hall–Kier alpha value is -0.870. The van der Waals surface area contributed by atoms with Gasteiger partial charge in [0.15, 0.2) is 0 Å². The zero-order chi connectivity index (χ0) is 10.8. The lowest BCUT2D eigenvalue weighted by molar-refractivity contribution is 0.0980. The van der Waals surface area contributed by atoms with E-state index < -0.39 is 13.5 Å². The van der Waals surface area contributed by atoms with E-state index >= 15 is 0 Å². The van der Waals surface area contributed by atoms with Crippen LogP contribution in [0.5, 0.6) is 0 Å². The summed E-state index contributed by atoms with van der Waals surface area (Å²) in [5, 5.41) is 2.38. The first-order valence-electron chi connectivity index (χ1n) is 3.64. The Morgan fingerprint density at radius 3 is 2.57 bits per heavy atom. The molecule has 1 rings (SSSR count). The van der Waals surface area contributed by atoms with E-state index in [4.69, 9.17) is 22.6 Å². The summed E-state index contributed by atoms with van der Waals surface area (Å²) >= 11 is 5.65. The number of amides is 1. The first-order valence-corrected chi connectivity index (χ1v) is 5.86. The standard InChI is InChI=1S/C7H9ClN3O2P/c8-6-3-1-2-5(4-6)7(12)11-14(9,10)13/h1-4H,(H5,9,10,11,12,13). The molecule has 0 atom stereocenters. The second-order valence-electron chi connectivity index (χ2n) is 2.66. The number of hydrogen-bond acceptors (Lipinski definition) is 2. The Morgan fingerprint density at radius 1 is 1.43 bits per heavy atom. The Balaban J connectivity index is 2.86. The molecule has 0 spiro atoms. The molecule has 14 heavy (non-hydrogen) atoms. The second kappa shape index (κ2) is 4.11. The maximum Gasteiger partial charge on any atom is 0.300 e. The number of halogens is 1. The first kappa shape index (κ1) is 11.2. The predicted molar refractivity (Wildman–Crippen MR) is 54.9 cm³/mol. The highest BCUT2D eigenvalue weighted by Crippen LogP contribution is 2.19. The molecule has 0 saturated heterocycles. The van der Waals surface area contributed by atoms with Crippen LogP contribution in [0.3, 0.4) is 0 Å². The lowest BCUT2D eigenvalue weighted by Gasteiger charge is -2.08. The van der Waals surface area contributed by atoms with Gasteiger partial charge in [-0.15, -0.1) is 0 Å². The highest BCUT2D eigenvalue weighted by molar-refractivity contribution is 7.57. The summed E-state index contributed by atoms with van der Waals surface area (Å²) in [6, 6.07) is 6.14. The zero-order valence-corrected chi connectivity index (χ0v) is 8.76. The molecule has 0 aromatic heterocycles. The number of rotatable bonds is 2. The fourth-order valence-electron chi connectivity index (χ4n) is 0.853. The SMILES string of the molecule is NP(N)(=O)NC(=O)c1cccc(Cl)c1. The lowest BCUT2D eigenvalue weighted by atomic mass is 10.2.